The second-order valence-electron chi connectivity index (χ2n) is 4.57. The fraction of sp³-hybridized carbons (Fsp3) is 0.417. The molecule has 86 valence electrons. The molecule has 1 heterocycles. The molecule has 0 saturated heterocycles. The highest BCUT2D eigenvalue weighted by Gasteiger charge is 2.40. The van der Waals surface area contributed by atoms with Crippen LogP contribution in [0.4, 0.5) is 10.5 Å². The molecule has 0 atom stereocenters. The molecule has 0 spiro atoms. The maximum Gasteiger partial charge on any atom is 0.414 e. The fourth-order valence-corrected chi connectivity index (χ4v) is 2.55. The van der Waals surface area contributed by atoms with Gasteiger partial charge in [0.05, 0.1) is 12.8 Å². The van der Waals surface area contributed by atoms with Crippen LogP contribution in [0, 0.1) is 0 Å². The lowest BCUT2D eigenvalue weighted by Crippen LogP contribution is -2.45. The third-order valence-electron chi connectivity index (χ3n) is 2.87. The van der Waals surface area contributed by atoms with Gasteiger partial charge in [0, 0.05) is 10.0 Å². The SMILES string of the molecule is COC(=O)N1c2cc(Br)ccc2CC1(C)C. The predicted molar refractivity (Wildman–Crippen MR) is 66.8 cm³/mol. The Bertz CT molecular complexity index is 443. The molecule has 0 unspecified atom stereocenters. The van der Waals surface area contributed by atoms with E-state index in [1.807, 2.05) is 32.0 Å². The highest BCUT2D eigenvalue weighted by molar-refractivity contribution is 9.10. The first-order valence-electron chi connectivity index (χ1n) is 5.12. The normalized spacial score (nSPS) is 17.1. The van der Waals surface area contributed by atoms with Crippen molar-refractivity contribution in [2.24, 2.45) is 0 Å². The van der Waals surface area contributed by atoms with Crippen molar-refractivity contribution in [2.75, 3.05) is 12.0 Å². The van der Waals surface area contributed by atoms with Gasteiger partial charge in [0.2, 0.25) is 0 Å². The highest BCUT2D eigenvalue weighted by atomic mass is 79.9. The van der Waals surface area contributed by atoms with E-state index in [4.69, 9.17) is 4.74 Å². The molecule has 16 heavy (non-hydrogen) atoms. The topological polar surface area (TPSA) is 29.5 Å². The van der Waals surface area contributed by atoms with E-state index in [2.05, 4.69) is 15.9 Å². The molecular formula is C12H14BrNO2. The molecule has 1 aliphatic rings. The Balaban J connectivity index is 2.51. The molecular weight excluding hydrogens is 270 g/mol. The van der Waals surface area contributed by atoms with Crippen molar-refractivity contribution in [3.63, 3.8) is 0 Å². The minimum absolute atomic E-state index is 0.226. The van der Waals surface area contributed by atoms with E-state index < -0.39 is 0 Å². The number of hydrogen-bond acceptors (Lipinski definition) is 2. The molecule has 0 aromatic heterocycles. The van der Waals surface area contributed by atoms with Crippen LogP contribution in [-0.2, 0) is 11.2 Å². The number of hydrogen-bond donors (Lipinski definition) is 0. The first kappa shape index (κ1) is 11.5. The van der Waals surface area contributed by atoms with Crippen molar-refractivity contribution < 1.29 is 9.53 Å². The van der Waals surface area contributed by atoms with Crippen LogP contribution in [0.5, 0.6) is 0 Å². The Morgan fingerprint density at radius 1 is 1.50 bits per heavy atom. The molecule has 1 amide bonds. The molecule has 0 fully saturated rings. The van der Waals surface area contributed by atoms with Crippen molar-refractivity contribution in [2.45, 2.75) is 25.8 Å². The van der Waals surface area contributed by atoms with E-state index in [1.165, 1.54) is 12.7 Å². The number of carbonyl (C=O) groups excluding carboxylic acids is 1. The van der Waals surface area contributed by atoms with Crippen LogP contribution in [0.15, 0.2) is 22.7 Å². The number of halogens is 1. The van der Waals surface area contributed by atoms with E-state index >= 15 is 0 Å². The van der Waals surface area contributed by atoms with Crippen LogP contribution in [0.2, 0.25) is 0 Å². The number of amides is 1. The zero-order chi connectivity index (χ0) is 11.9. The molecule has 3 nitrogen and oxygen atoms in total. The van der Waals surface area contributed by atoms with Gasteiger partial charge in [-0.05, 0) is 38.0 Å². The van der Waals surface area contributed by atoms with E-state index in [9.17, 15) is 4.79 Å². The number of benzene rings is 1. The Morgan fingerprint density at radius 2 is 2.19 bits per heavy atom. The summed E-state index contributed by atoms with van der Waals surface area (Å²) in [6, 6.07) is 6.00. The van der Waals surface area contributed by atoms with Gasteiger partial charge < -0.3 is 4.74 Å². The van der Waals surface area contributed by atoms with Crippen LogP contribution in [0.25, 0.3) is 0 Å². The molecule has 0 saturated carbocycles. The van der Waals surface area contributed by atoms with Crippen molar-refractivity contribution in [3.8, 4) is 0 Å². The van der Waals surface area contributed by atoms with Gasteiger partial charge in [0.15, 0.2) is 0 Å². The summed E-state index contributed by atoms with van der Waals surface area (Å²) in [5, 5.41) is 0. The number of rotatable bonds is 0. The van der Waals surface area contributed by atoms with Crippen LogP contribution < -0.4 is 4.90 Å². The van der Waals surface area contributed by atoms with Gasteiger partial charge in [0.25, 0.3) is 0 Å². The largest absolute Gasteiger partial charge is 0.452 e. The lowest BCUT2D eigenvalue weighted by molar-refractivity contribution is 0.173. The number of anilines is 1. The Labute approximate surface area is 104 Å². The Hall–Kier alpha value is -1.03. The van der Waals surface area contributed by atoms with Crippen LogP contribution >= 0.6 is 15.9 Å². The van der Waals surface area contributed by atoms with Crippen molar-refractivity contribution in [1.29, 1.82) is 0 Å². The zero-order valence-electron chi connectivity index (χ0n) is 9.58. The third kappa shape index (κ3) is 1.71. The minimum Gasteiger partial charge on any atom is -0.452 e. The average Bonchev–Trinajstić information content (AvgIpc) is 2.47. The Kier molecular flexibility index (Phi) is 2.70. The van der Waals surface area contributed by atoms with Gasteiger partial charge in [-0.1, -0.05) is 22.0 Å². The van der Waals surface area contributed by atoms with Crippen molar-refractivity contribution in [3.05, 3.63) is 28.2 Å². The second-order valence-corrected chi connectivity index (χ2v) is 5.48. The van der Waals surface area contributed by atoms with E-state index in [0.717, 1.165) is 16.6 Å². The maximum atomic E-state index is 11.8. The molecule has 0 radical (unpaired) electrons. The molecule has 1 aliphatic heterocycles. The highest BCUT2D eigenvalue weighted by Crippen LogP contribution is 2.40. The van der Waals surface area contributed by atoms with Gasteiger partial charge in [-0.15, -0.1) is 0 Å². The van der Waals surface area contributed by atoms with E-state index in [0.29, 0.717) is 0 Å². The van der Waals surface area contributed by atoms with Gasteiger partial charge >= 0.3 is 6.09 Å². The smallest absolute Gasteiger partial charge is 0.414 e. The predicted octanol–water partition coefficient (Wildman–Crippen LogP) is 3.36. The first-order valence-corrected chi connectivity index (χ1v) is 5.91. The van der Waals surface area contributed by atoms with Crippen LogP contribution in [0.3, 0.4) is 0 Å². The quantitative estimate of drug-likeness (QED) is 0.731. The Morgan fingerprint density at radius 3 is 2.81 bits per heavy atom. The average molecular weight is 284 g/mol. The van der Waals surface area contributed by atoms with Crippen molar-refractivity contribution in [1.82, 2.24) is 0 Å². The van der Waals surface area contributed by atoms with Gasteiger partial charge in [0.1, 0.15) is 0 Å². The van der Waals surface area contributed by atoms with Gasteiger partial charge in [-0.3, -0.25) is 4.90 Å². The third-order valence-corrected chi connectivity index (χ3v) is 3.37. The summed E-state index contributed by atoms with van der Waals surface area (Å²) >= 11 is 3.42. The number of methoxy groups -OCH3 is 1. The van der Waals surface area contributed by atoms with Crippen LogP contribution in [-0.4, -0.2) is 18.7 Å². The molecule has 2 rings (SSSR count). The number of nitrogens with zero attached hydrogens (tertiary/aromatic N) is 1. The van der Waals surface area contributed by atoms with Crippen molar-refractivity contribution >= 4 is 27.7 Å². The monoisotopic (exact) mass is 283 g/mol. The van der Waals surface area contributed by atoms with Gasteiger partial charge in [-0.2, -0.15) is 0 Å². The second kappa shape index (κ2) is 3.77. The molecule has 0 aliphatic carbocycles. The van der Waals surface area contributed by atoms with Gasteiger partial charge in [-0.25, -0.2) is 4.79 Å². The molecule has 1 aromatic rings. The summed E-state index contributed by atoms with van der Waals surface area (Å²) in [6.45, 7) is 4.08. The molecule has 0 N–H and O–H groups in total. The summed E-state index contributed by atoms with van der Waals surface area (Å²) in [6.07, 6.45) is 0.548. The summed E-state index contributed by atoms with van der Waals surface area (Å²) < 4.78 is 5.81. The fourth-order valence-electron chi connectivity index (χ4n) is 2.20. The van der Waals surface area contributed by atoms with E-state index in [-0.39, 0.29) is 11.6 Å². The summed E-state index contributed by atoms with van der Waals surface area (Å²) in [5.74, 6) is 0. The lowest BCUT2D eigenvalue weighted by Gasteiger charge is -2.30. The molecule has 4 heteroatoms. The summed E-state index contributed by atoms with van der Waals surface area (Å²) in [7, 11) is 1.41. The number of fused-ring (bicyclic) bond motifs is 1. The maximum absolute atomic E-state index is 11.8. The van der Waals surface area contributed by atoms with Crippen LogP contribution in [0.1, 0.15) is 19.4 Å². The summed E-state index contributed by atoms with van der Waals surface area (Å²) in [4.78, 5) is 13.5. The zero-order valence-corrected chi connectivity index (χ0v) is 11.2. The first-order chi connectivity index (χ1) is 7.45. The standard InChI is InChI=1S/C12H14BrNO2/c1-12(2)7-8-4-5-9(13)6-10(8)14(12)11(15)16-3/h4-6H,7H2,1-3H3. The number of ether oxygens (including phenoxy) is 1. The van der Waals surface area contributed by atoms with E-state index in [1.54, 1.807) is 4.90 Å². The lowest BCUT2D eigenvalue weighted by atomic mass is 10.00. The molecule has 0 bridgehead atoms. The molecule has 1 aromatic carbocycles. The summed E-state index contributed by atoms with van der Waals surface area (Å²) in [5.41, 5.74) is 1.89. The minimum atomic E-state index is -0.304. The number of carbonyl (C=O) groups is 1.